The summed E-state index contributed by atoms with van der Waals surface area (Å²) in [5, 5.41) is 5.33. The second-order valence-corrected chi connectivity index (χ2v) is 7.82. The summed E-state index contributed by atoms with van der Waals surface area (Å²) in [7, 11) is -3.74. The van der Waals surface area contributed by atoms with E-state index in [0.717, 1.165) is 32.5 Å². The molecule has 132 valence electrons. The largest absolute Gasteiger partial charge is 0.370 e. The number of hydrogen-bond donors (Lipinski definition) is 1. The highest BCUT2D eigenvalue weighted by Gasteiger charge is 2.35. The second kappa shape index (κ2) is 6.60. The number of benzene rings is 1. The van der Waals surface area contributed by atoms with E-state index in [9.17, 15) is 13.2 Å². The number of nitrogens with zero attached hydrogens (tertiary/aromatic N) is 3. The standard InChI is InChI=1S/C16H24N4O3S/c1-2-18-11-12-20(16(18)21)13-7-9-19(10-8-13)14-5-3-4-6-15(14)24(17,22)23/h3-6,13H,2,7-12H2,1H3,(H2,17,22,23). The molecular formula is C16H24N4O3S. The molecule has 2 fully saturated rings. The van der Waals surface area contributed by atoms with Gasteiger partial charge in [0.05, 0.1) is 5.69 Å². The molecule has 2 saturated heterocycles. The summed E-state index contributed by atoms with van der Waals surface area (Å²) in [6.07, 6.45) is 1.67. The van der Waals surface area contributed by atoms with E-state index in [1.165, 1.54) is 0 Å². The zero-order valence-electron chi connectivity index (χ0n) is 13.9. The predicted octanol–water partition coefficient (Wildman–Crippen LogP) is 1.06. The number of carbonyl (C=O) groups excluding carboxylic acids is 1. The van der Waals surface area contributed by atoms with Crippen molar-refractivity contribution in [1.29, 1.82) is 0 Å². The van der Waals surface area contributed by atoms with Crippen LogP contribution in [0.4, 0.5) is 10.5 Å². The third-order valence-electron chi connectivity index (χ3n) is 4.93. The van der Waals surface area contributed by atoms with E-state index >= 15 is 0 Å². The molecule has 24 heavy (non-hydrogen) atoms. The summed E-state index contributed by atoms with van der Waals surface area (Å²) < 4.78 is 23.5. The Labute approximate surface area is 143 Å². The third-order valence-corrected chi connectivity index (χ3v) is 5.88. The van der Waals surface area contributed by atoms with Gasteiger partial charge in [-0.2, -0.15) is 0 Å². The van der Waals surface area contributed by atoms with E-state index in [0.29, 0.717) is 18.8 Å². The number of primary sulfonamides is 1. The van der Waals surface area contributed by atoms with Crippen LogP contribution < -0.4 is 10.0 Å². The fourth-order valence-electron chi connectivity index (χ4n) is 3.61. The normalized spacial score (nSPS) is 20.1. The van der Waals surface area contributed by atoms with Gasteiger partial charge in [-0.25, -0.2) is 18.4 Å². The van der Waals surface area contributed by atoms with E-state index in [2.05, 4.69) is 0 Å². The van der Waals surface area contributed by atoms with E-state index in [1.807, 2.05) is 27.7 Å². The van der Waals surface area contributed by atoms with Crippen LogP contribution in [-0.4, -0.2) is 63.0 Å². The molecule has 7 nitrogen and oxygen atoms in total. The van der Waals surface area contributed by atoms with Crippen LogP contribution >= 0.6 is 0 Å². The van der Waals surface area contributed by atoms with Crippen molar-refractivity contribution in [2.24, 2.45) is 5.14 Å². The van der Waals surface area contributed by atoms with Crippen LogP contribution in [0.1, 0.15) is 19.8 Å². The monoisotopic (exact) mass is 352 g/mol. The molecule has 0 aliphatic carbocycles. The Morgan fingerprint density at radius 2 is 1.79 bits per heavy atom. The smallest absolute Gasteiger partial charge is 0.320 e. The molecule has 0 saturated carbocycles. The molecule has 8 heteroatoms. The maximum Gasteiger partial charge on any atom is 0.320 e. The van der Waals surface area contributed by atoms with Gasteiger partial charge in [-0.3, -0.25) is 0 Å². The zero-order valence-corrected chi connectivity index (χ0v) is 14.7. The molecule has 0 aromatic heterocycles. The Morgan fingerprint density at radius 1 is 1.12 bits per heavy atom. The highest BCUT2D eigenvalue weighted by Crippen LogP contribution is 2.29. The summed E-state index contributed by atoms with van der Waals surface area (Å²) in [5.74, 6) is 0. The number of likely N-dealkylation sites (N-methyl/N-ethyl adjacent to an activating group) is 1. The molecule has 0 bridgehead atoms. The summed E-state index contributed by atoms with van der Waals surface area (Å²) in [4.78, 5) is 18.4. The van der Waals surface area contributed by atoms with Crippen LogP contribution in [0.25, 0.3) is 0 Å². The highest BCUT2D eigenvalue weighted by atomic mass is 32.2. The lowest BCUT2D eigenvalue weighted by atomic mass is 10.0. The molecule has 2 amide bonds. The molecule has 1 aromatic carbocycles. The highest BCUT2D eigenvalue weighted by molar-refractivity contribution is 7.89. The van der Waals surface area contributed by atoms with Crippen molar-refractivity contribution in [3.05, 3.63) is 24.3 Å². The predicted molar refractivity (Wildman–Crippen MR) is 92.4 cm³/mol. The van der Waals surface area contributed by atoms with Crippen molar-refractivity contribution in [3.63, 3.8) is 0 Å². The first-order chi connectivity index (χ1) is 11.4. The molecule has 2 heterocycles. The SMILES string of the molecule is CCN1CCN(C2CCN(c3ccccc3S(N)(=O)=O)CC2)C1=O. The molecule has 1 aromatic rings. The lowest BCUT2D eigenvalue weighted by Crippen LogP contribution is -2.46. The van der Waals surface area contributed by atoms with Gasteiger partial charge in [0, 0.05) is 38.8 Å². The number of amides is 2. The summed E-state index contributed by atoms with van der Waals surface area (Å²) in [6, 6.07) is 7.19. The van der Waals surface area contributed by atoms with Gasteiger partial charge < -0.3 is 14.7 Å². The molecule has 3 rings (SSSR count). The summed E-state index contributed by atoms with van der Waals surface area (Å²) in [5.41, 5.74) is 0.654. The first kappa shape index (κ1) is 17.0. The van der Waals surface area contributed by atoms with Gasteiger partial charge in [0.2, 0.25) is 10.0 Å². The fraction of sp³-hybridized carbons (Fsp3) is 0.562. The zero-order chi connectivity index (χ0) is 17.3. The molecule has 2 aliphatic heterocycles. The number of piperidine rings is 1. The topological polar surface area (TPSA) is 86.9 Å². The van der Waals surface area contributed by atoms with Crippen LogP contribution in [0.2, 0.25) is 0 Å². The summed E-state index contributed by atoms with van der Waals surface area (Å²) >= 11 is 0. The van der Waals surface area contributed by atoms with E-state index < -0.39 is 10.0 Å². The Morgan fingerprint density at radius 3 is 2.38 bits per heavy atom. The molecular weight excluding hydrogens is 328 g/mol. The van der Waals surface area contributed by atoms with E-state index in [4.69, 9.17) is 5.14 Å². The summed E-state index contributed by atoms with van der Waals surface area (Å²) in [6.45, 7) is 5.75. The van der Waals surface area contributed by atoms with Gasteiger partial charge in [0.25, 0.3) is 0 Å². The minimum Gasteiger partial charge on any atom is -0.370 e. The van der Waals surface area contributed by atoms with Crippen molar-refractivity contribution >= 4 is 21.7 Å². The lowest BCUT2D eigenvalue weighted by molar-refractivity contribution is 0.169. The quantitative estimate of drug-likeness (QED) is 0.878. The van der Waals surface area contributed by atoms with Gasteiger partial charge in [-0.05, 0) is 31.9 Å². The number of carbonyl (C=O) groups is 1. The Hall–Kier alpha value is -1.80. The molecule has 0 unspecified atom stereocenters. The van der Waals surface area contributed by atoms with Gasteiger partial charge in [-0.1, -0.05) is 12.1 Å². The minimum atomic E-state index is -3.74. The molecule has 2 aliphatic rings. The lowest BCUT2D eigenvalue weighted by Gasteiger charge is -2.38. The maximum absolute atomic E-state index is 12.3. The van der Waals surface area contributed by atoms with Crippen LogP contribution in [0, 0.1) is 0 Å². The van der Waals surface area contributed by atoms with Gasteiger partial charge in [0.15, 0.2) is 0 Å². The second-order valence-electron chi connectivity index (χ2n) is 6.29. The van der Waals surface area contributed by atoms with Crippen molar-refractivity contribution in [2.75, 3.05) is 37.6 Å². The van der Waals surface area contributed by atoms with Crippen LogP contribution in [0.15, 0.2) is 29.2 Å². The number of anilines is 1. The average molecular weight is 352 g/mol. The molecule has 0 radical (unpaired) electrons. The minimum absolute atomic E-state index is 0.126. The van der Waals surface area contributed by atoms with Crippen molar-refractivity contribution in [1.82, 2.24) is 9.80 Å². The fourth-order valence-corrected chi connectivity index (χ4v) is 4.37. The van der Waals surface area contributed by atoms with Gasteiger partial charge in [0.1, 0.15) is 4.90 Å². The van der Waals surface area contributed by atoms with Crippen molar-refractivity contribution in [2.45, 2.75) is 30.7 Å². The van der Waals surface area contributed by atoms with Crippen LogP contribution in [-0.2, 0) is 10.0 Å². The van der Waals surface area contributed by atoms with Gasteiger partial charge >= 0.3 is 6.03 Å². The molecule has 0 spiro atoms. The van der Waals surface area contributed by atoms with Crippen LogP contribution in [0.3, 0.4) is 0 Å². The molecule has 2 N–H and O–H groups in total. The van der Waals surface area contributed by atoms with Gasteiger partial charge in [-0.15, -0.1) is 0 Å². The van der Waals surface area contributed by atoms with Crippen LogP contribution in [0.5, 0.6) is 0 Å². The Balaban J connectivity index is 1.70. The Bertz CT molecular complexity index is 714. The van der Waals surface area contributed by atoms with E-state index in [1.54, 1.807) is 18.2 Å². The third kappa shape index (κ3) is 3.21. The number of para-hydroxylation sites is 1. The Kier molecular flexibility index (Phi) is 4.69. The first-order valence-corrected chi connectivity index (χ1v) is 9.88. The first-order valence-electron chi connectivity index (χ1n) is 8.34. The average Bonchev–Trinajstić information content (AvgIpc) is 2.95. The number of nitrogens with two attached hydrogens (primary N) is 1. The van der Waals surface area contributed by atoms with Crippen molar-refractivity contribution in [3.8, 4) is 0 Å². The van der Waals surface area contributed by atoms with Crippen molar-refractivity contribution < 1.29 is 13.2 Å². The number of hydrogen-bond acceptors (Lipinski definition) is 4. The molecule has 0 atom stereocenters. The number of rotatable bonds is 4. The van der Waals surface area contributed by atoms with E-state index in [-0.39, 0.29) is 17.0 Å². The number of urea groups is 1. The maximum atomic E-state index is 12.3. The number of sulfonamides is 1.